The average Bonchev–Trinajstić information content (AvgIpc) is 3.09. The Morgan fingerprint density at radius 1 is 1.17 bits per heavy atom. The molecular formula is C20H27N3O. The Labute approximate surface area is 144 Å². The summed E-state index contributed by atoms with van der Waals surface area (Å²) in [6, 6.07) is 12.7. The standard InChI is InChI=1S/C20H27N3O/c1-16(21-19(24)20(2,3)23-11-6-7-12-23)14-22-13-10-17-8-4-5-9-18(17)15-22/h4-9,11-12,16H,10,13-15H2,1-3H3,(H,21,24). The second-order valence-corrected chi connectivity index (χ2v) is 7.28. The van der Waals surface area contributed by atoms with Crippen molar-refractivity contribution in [1.82, 2.24) is 14.8 Å². The lowest BCUT2D eigenvalue weighted by molar-refractivity contribution is -0.129. The van der Waals surface area contributed by atoms with Gasteiger partial charge in [-0.3, -0.25) is 9.69 Å². The number of rotatable bonds is 5. The van der Waals surface area contributed by atoms with Crippen molar-refractivity contribution in [2.45, 2.75) is 45.3 Å². The monoisotopic (exact) mass is 325 g/mol. The fourth-order valence-corrected chi connectivity index (χ4v) is 3.37. The molecule has 4 nitrogen and oxygen atoms in total. The molecule has 0 spiro atoms. The third-order valence-corrected chi connectivity index (χ3v) is 4.92. The first-order chi connectivity index (χ1) is 11.5. The van der Waals surface area contributed by atoms with E-state index in [2.05, 4.69) is 41.4 Å². The summed E-state index contributed by atoms with van der Waals surface area (Å²) in [5.41, 5.74) is 2.29. The first-order valence-electron chi connectivity index (χ1n) is 8.70. The zero-order valence-electron chi connectivity index (χ0n) is 14.8. The van der Waals surface area contributed by atoms with Gasteiger partial charge in [-0.15, -0.1) is 0 Å². The molecule has 1 aliphatic heterocycles. The summed E-state index contributed by atoms with van der Waals surface area (Å²) >= 11 is 0. The van der Waals surface area contributed by atoms with Gasteiger partial charge in [0.15, 0.2) is 0 Å². The maximum atomic E-state index is 12.7. The normalized spacial score (nSPS) is 16.5. The van der Waals surface area contributed by atoms with E-state index in [1.807, 2.05) is 42.9 Å². The molecule has 1 amide bonds. The molecule has 1 unspecified atom stereocenters. The van der Waals surface area contributed by atoms with E-state index < -0.39 is 5.54 Å². The molecule has 0 fully saturated rings. The number of aromatic nitrogens is 1. The largest absolute Gasteiger partial charge is 0.350 e. The van der Waals surface area contributed by atoms with Crippen LogP contribution in [0.2, 0.25) is 0 Å². The highest BCUT2D eigenvalue weighted by molar-refractivity contribution is 5.83. The summed E-state index contributed by atoms with van der Waals surface area (Å²) in [6.45, 7) is 8.89. The predicted octanol–water partition coefficient (Wildman–Crippen LogP) is 2.79. The highest BCUT2D eigenvalue weighted by atomic mass is 16.2. The van der Waals surface area contributed by atoms with Gasteiger partial charge in [-0.05, 0) is 50.5 Å². The Balaban J connectivity index is 1.56. The number of nitrogens with zero attached hydrogens (tertiary/aromatic N) is 2. The van der Waals surface area contributed by atoms with Gasteiger partial charge in [0.05, 0.1) is 0 Å². The summed E-state index contributed by atoms with van der Waals surface area (Å²) < 4.78 is 1.95. The van der Waals surface area contributed by atoms with Crippen LogP contribution in [-0.2, 0) is 23.3 Å². The number of hydrogen-bond donors (Lipinski definition) is 1. The van der Waals surface area contributed by atoms with Crippen LogP contribution in [0.25, 0.3) is 0 Å². The molecule has 0 saturated carbocycles. The van der Waals surface area contributed by atoms with Gasteiger partial charge in [-0.25, -0.2) is 0 Å². The first kappa shape index (κ1) is 16.8. The van der Waals surface area contributed by atoms with Crippen LogP contribution in [-0.4, -0.2) is 34.5 Å². The Kier molecular flexibility index (Phi) is 4.76. The minimum absolute atomic E-state index is 0.0589. The summed E-state index contributed by atoms with van der Waals surface area (Å²) in [4.78, 5) is 15.1. The zero-order valence-corrected chi connectivity index (χ0v) is 14.8. The van der Waals surface area contributed by atoms with Crippen LogP contribution in [0.4, 0.5) is 0 Å². The molecule has 3 rings (SSSR count). The van der Waals surface area contributed by atoms with Gasteiger partial charge >= 0.3 is 0 Å². The summed E-state index contributed by atoms with van der Waals surface area (Å²) in [5.74, 6) is 0.0589. The molecule has 24 heavy (non-hydrogen) atoms. The first-order valence-corrected chi connectivity index (χ1v) is 8.70. The van der Waals surface area contributed by atoms with Gasteiger partial charge in [-0.1, -0.05) is 24.3 Å². The third-order valence-electron chi connectivity index (χ3n) is 4.92. The number of carbonyl (C=O) groups excluding carboxylic acids is 1. The number of amides is 1. The molecule has 0 aliphatic carbocycles. The fraction of sp³-hybridized carbons (Fsp3) is 0.450. The average molecular weight is 325 g/mol. The number of fused-ring (bicyclic) bond motifs is 1. The molecule has 1 N–H and O–H groups in total. The van der Waals surface area contributed by atoms with Gasteiger partial charge in [0.1, 0.15) is 5.54 Å². The van der Waals surface area contributed by atoms with Gasteiger partial charge in [0.2, 0.25) is 5.91 Å². The van der Waals surface area contributed by atoms with E-state index in [1.165, 1.54) is 11.1 Å². The summed E-state index contributed by atoms with van der Waals surface area (Å²) in [6.07, 6.45) is 4.96. The quantitative estimate of drug-likeness (QED) is 0.918. The summed E-state index contributed by atoms with van der Waals surface area (Å²) in [5, 5.41) is 3.18. The topological polar surface area (TPSA) is 37.3 Å². The van der Waals surface area contributed by atoms with E-state index in [0.717, 1.165) is 26.1 Å². The predicted molar refractivity (Wildman–Crippen MR) is 96.8 cm³/mol. The van der Waals surface area contributed by atoms with Gasteiger partial charge in [-0.2, -0.15) is 0 Å². The summed E-state index contributed by atoms with van der Waals surface area (Å²) in [7, 11) is 0. The van der Waals surface area contributed by atoms with Gasteiger partial charge in [0, 0.05) is 38.1 Å². The minimum atomic E-state index is -0.577. The molecule has 2 aromatic rings. The molecule has 4 heteroatoms. The van der Waals surface area contributed by atoms with Crippen LogP contribution < -0.4 is 5.32 Å². The Morgan fingerprint density at radius 2 is 1.83 bits per heavy atom. The second kappa shape index (κ2) is 6.81. The molecular weight excluding hydrogens is 298 g/mol. The third kappa shape index (κ3) is 3.54. The van der Waals surface area contributed by atoms with E-state index >= 15 is 0 Å². The van der Waals surface area contributed by atoms with E-state index in [9.17, 15) is 4.79 Å². The van der Waals surface area contributed by atoms with E-state index in [1.54, 1.807) is 0 Å². The maximum absolute atomic E-state index is 12.7. The van der Waals surface area contributed by atoms with Crippen molar-refractivity contribution >= 4 is 5.91 Å². The fourth-order valence-electron chi connectivity index (χ4n) is 3.37. The molecule has 0 saturated heterocycles. The van der Waals surface area contributed by atoms with Crippen molar-refractivity contribution in [3.8, 4) is 0 Å². The van der Waals surface area contributed by atoms with E-state index in [-0.39, 0.29) is 11.9 Å². The Morgan fingerprint density at radius 3 is 2.54 bits per heavy atom. The van der Waals surface area contributed by atoms with Crippen molar-refractivity contribution in [2.24, 2.45) is 0 Å². The number of nitrogens with one attached hydrogen (secondary N) is 1. The van der Waals surface area contributed by atoms with Crippen LogP contribution >= 0.6 is 0 Å². The Bertz CT molecular complexity index is 691. The number of hydrogen-bond acceptors (Lipinski definition) is 2. The Hall–Kier alpha value is -2.07. The van der Waals surface area contributed by atoms with Crippen LogP contribution in [0.5, 0.6) is 0 Å². The number of carbonyl (C=O) groups is 1. The van der Waals surface area contributed by atoms with Gasteiger partial charge < -0.3 is 9.88 Å². The number of benzene rings is 1. The molecule has 0 radical (unpaired) electrons. The van der Waals surface area contributed by atoms with Crippen molar-refractivity contribution in [3.05, 3.63) is 59.9 Å². The second-order valence-electron chi connectivity index (χ2n) is 7.28. The lowest BCUT2D eigenvalue weighted by Gasteiger charge is -2.33. The van der Waals surface area contributed by atoms with Crippen LogP contribution in [0, 0.1) is 0 Å². The lowest BCUT2D eigenvalue weighted by atomic mass is 9.99. The molecule has 1 aliphatic rings. The van der Waals surface area contributed by atoms with Crippen LogP contribution in [0.1, 0.15) is 31.9 Å². The molecule has 2 heterocycles. The van der Waals surface area contributed by atoms with E-state index in [0.29, 0.717) is 0 Å². The maximum Gasteiger partial charge on any atom is 0.245 e. The zero-order chi connectivity index (χ0) is 17.2. The molecule has 1 aromatic carbocycles. The smallest absolute Gasteiger partial charge is 0.245 e. The highest BCUT2D eigenvalue weighted by Gasteiger charge is 2.30. The van der Waals surface area contributed by atoms with Gasteiger partial charge in [0.25, 0.3) is 0 Å². The lowest BCUT2D eigenvalue weighted by Crippen LogP contribution is -2.50. The molecule has 1 aromatic heterocycles. The van der Waals surface area contributed by atoms with Crippen LogP contribution in [0.15, 0.2) is 48.8 Å². The SMILES string of the molecule is CC(CN1CCc2ccccc2C1)NC(=O)C(C)(C)n1cccc1. The van der Waals surface area contributed by atoms with Crippen molar-refractivity contribution < 1.29 is 4.79 Å². The van der Waals surface area contributed by atoms with Crippen molar-refractivity contribution in [2.75, 3.05) is 13.1 Å². The molecule has 128 valence electrons. The highest BCUT2D eigenvalue weighted by Crippen LogP contribution is 2.19. The van der Waals surface area contributed by atoms with Crippen molar-refractivity contribution in [3.63, 3.8) is 0 Å². The molecule has 1 atom stereocenters. The minimum Gasteiger partial charge on any atom is -0.350 e. The molecule has 0 bridgehead atoms. The van der Waals surface area contributed by atoms with Crippen molar-refractivity contribution in [1.29, 1.82) is 0 Å². The van der Waals surface area contributed by atoms with Crippen LogP contribution in [0.3, 0.4) is 0 Å². The van der Waals surface area contributed by atoms with E-state index in [4.69, 9.17) is 0 Å².